The van der Waals surface area contributed by atoms with Gasteiger partial charge in [-0.1, -0.05) is 18.2 Å². The molecule has 3 rings (SSSR count). The van der Waals surface area contributed by atoms with Crippen LogP contribution in [0.2, 0.25) is 0 Å². The molecule has 4 nitrogen and oxygen atoms in total. The molecule has 0 unspecified atom stereocenters. The van der Waals surface area contributed by atoms with Gasteiger partial charge >= 0.3 is 0 Å². The number of nitrogens with zero attached hydrogens (tertiary/aromatic N) is 1. The molecule has 1 aliphatic heterocycles. The Hall–Kier alpha value is -2.62. The number of nitrogens with two attached hydrogens (primary N) is 1. The van der Waals surface area contributed by atoms with Gasteiger partial charge in [-0.15, -0.1) is 0 Å². The van der Waals surface area contributed by atoms with E-state index in [1.165, 1.54) is 5.56 Å². The zero-order valence-corrected chi connectivity index (χ0v) is 11.6. The largest absolute Gasteiger partial charge is 0.366 e. The maximum atomic E-state index is 12.7. The maximum Gasteiger partial charge on any atom is 0.258 e. The van der Waals surface area contributed by atoms with E-state index in [4.69, 9.17) is 5.73 Å². The average molecular weight is 280 g/mol. The van der Waals surface area contributed by atoms with E-state index in [2.05, 4.69) is 6.07 Å². The minimum atomic E-state index is -0.489. The van der Waals surface area contributed by atoms with Crippen LogP contribution in [0.1, 0.15) is 32.7 Å². The lowest BCUT2D eigenvalue weighted by Gasteiger charge is -2.29. The van der Waals surface area contributed by atoms with Crippen molar-refractivity contribution in [3.05, 3.63) is 65.2 Å². The zero-order chi connectivity index (χ0) is 14.8. The molecule has 0 aromatic heterocycles. The molecule has 106 valence electrons. The third-order valence-corrected chi connectivity index (χ3v) is 3.77. The van der Waals surface area contributed by atoms with Crippen LogP contribution < -0.4 is 10.6 Å². The van der Waals surface area contributed by atoms with Crippen molar-refractivity contribution in [2.45, 2.75) is 12.8 Å². The predicted octanol–water partition coefficient (Wildman–Crippen LogP) is 2.38. The first kappa shape index (κ1) is 13.4. The van der Waals surface area contributed by atoms with E-state index in [-0.39, 0.29) is 5.91 Å². The van der Waals surface area contributed by atoms with E-state index in [9.17, 15) is 9.59 Å². The smallest absolute Gasteiger partial charge is 0.258 e. The second kappa shape index (κ2) is 5.40. The highest BCUT2D eigenvalue weighted by molar-refractivity contribution is 6.07. The summed E-state index contributed by atoms with van der Waals surface area (Å²) in [5, 5.41) is 0. The summed E-state index contributed by atoms with van der Waals surface area (Å²) >= 11 is 0. The number of hydrogen-bond donors (Lipinski definition) is 1. The number of benzene rings is 2. The van der Waals surface area contributed by atoms with Crippen molar-refractivity contribution in [2.75, 3.05) is 11.4 Å². The van der Waals surface area contributed by atoms with Gasteiger partial charge in [-0.25, -0.2) is 0 Å². The number of hydrogen-bond acceptors (Lipinski definition) is 2. The fourth-order valence-corrected chi connectivity index (χ4v) is 2.68. The fraction of sp³-hybridized carbons (Fsp3) is 0.176. The lowest BCUT2D eigenvalue weighted by molar-refractivity contribution is 0.0979. The molecule has 0 aliphatic carbocycles. The minimum Gasteiger partial charge on any atom is -0.366 e. The number of carbonyl (C=O) groups excluding carboxylic acids is 2. The lowest BCUT2D eigenvalue weighted by Crippen LogP contribution is -2.35. The van der Waals surface area contributed by atoms with Crippen LogP contribution in [0.3, 0.4) is 0 Å². The second-order valence-corrected chi connectivity index (χ2v) is 5.13. The molecule has 0 saturated heterocycles. The Morgan fingerprint density at radius 3 is 2.33 bits per heavy atom. The molecule has 2 aromatic rings. The molecule has 0 saturated carbocycles. The Kier molecular flexibility index (Phi) is 3.44. The van der Waals surface area contributed by atoms with E-state index >= 15 is 0 Å². The van der Waals surface area contributed by atoms with Crippen LogP contribution in [-0.2, 0) is 6.42 Å². The number of amides is 2. The van der Waals surface area contributed by atoms with Crippen LogP contribution in [0.5, 0.6) is 0 Å². The van der Waals surface area contributed by atoms with Crippen molar-refractivity contribution < 1.29 is 9.59 Å². The van der Waals surface area contributed by atoms with Gasteiger partial charge in [-0.2, -0.15) is 0 Å². The first-order chi connectivity index (χ1) is 10.2. The normalized spacial score (nSPS) is 13.6. The number of fused-ring (bicyclic) bond motifs is 1. The number of rotatable bonds is 2. The first-order valence-corrected chi connectivity index (χ1v) is 6.96. The lowest BCUT2D eigenvalue weighted by atomic mass is 10.0. The van der Waals surface area contributed by atoms with Gasteiger partial charge in [0.15, 0.2) is 0 Å². The Bertz CT molecular complexity index is 692. The molecular weight excluding hydrogens is 264 g/mol. The van der Waals surface area contributed by atoms with Crippen molar-refractivity contribution in [2.24, 2.45) is 5.73 Å². The van der Waals surface area contributed by atoms with Crippen molar-refractivity contribution in [1.29, 1.82) is 0 Å². The number of primary amides is 1. The summed E-state index contributed by atoms with van der Waals surface area (Å²) in [6.07, 6.45) is 1.96. The predicted molar refractivity (Wildman–Crippen MR) is 81.4 cm³/mol. The molecule has 2 amide bonds. The fourth-order valence-electron chi connectivity index (χ4n) is 2.68. The third kappa shape index (κ3) is 2.52. The van der Waals surface area contributed by atoms with Crippen LogP contribution in [-0.4, -0.2) is 18.4 Å². The summed E-state index contributed by atoms with van der Waals surface area (Å²) in [7, 11) is 0. The van der Waals surface area contributed by atoms with Gasteiger partial charge in [-0.05, 0) is 48.7 Å². The monoisotopic (exact) mass is 280 g/mol. The standard InChI is InChI=1S/C17H16N2O2/c18-16(20)13-7-9-14(10-8-13)17(21)19-11-3-5-12-4-1-2-6-15(12)19/h1-2,4,6-10H,3,5,11H2,(H2,18,20). The average Bonchev–Trinajstić information content (AvgIpc) is 2.53. The molecular formula is C17H16N2O2. The first-order valence-electron chi connectivity index (χ1n) is 6.96. The topological polar surface area (TPSA) is 63.4 Å². The summed E-state index contributed by atoms with van der Waals surface area (Å²) in [5.41, 5.74) is 8.37. The van der Waals surface area contributed by atoms with Gasteiger partial charge < -0.3 is 10.6 Å². The van der Waals surface area contributed by atoms with E-state index in [1.807, 2.05) is 18.2 Å². The molecule has 4 heteroatoms. The molecule has 0 fully saturated rings. The van der Waals surface area contributed by atoms with E-state index in [0.717, 1.165) is 18.5 Å². The highest BCUT2D eigenvalue weighted by atomic mass is 16.2. The van der Waals surface area contributed by atoms with Crippen LogP contribution in [0.25, 0.3) is 0 Å². The molecule has 1 aliphatic rings. The van der Waals surface area contributed by atoms with Crippen molar-refractivity contribution >= 4 is 17.5 Å². The van der Waals surface area contributed by atoms with Crippen LogP contribution >= 0.6 is 0 Å². The highest BCUT2D eigenvalue weighted by Gasteiger charge is 2.23. The van der Waals surface area contributed by atoms with Crippen molar-refractivity contribution in [3.8, 4) is 0 Å². The number of anilines is 1. The number of carbonyl (C=O) groups is 2. The van der Waals surface area contributed by atoms with Crippen molar-refractivity contribution in [1.82, 2.24) is 0 Å². The summed E-state index contributed by atoms with van der Waals surface area (Å²) in [6.45, 7) is 0.716. The highest BCUT2D eigenvalue weighted by Crippen LogP contribution is 2.28. The molecule has 0 spiro atoms. The van der Waals surface area contributed by atoms with Gasteiger partial charge in [0.25, 0.3) is 5.91 Å². The van der Waals surface area contributed by atoms with Gasteiger partial charge in [0, 0.05) is 23.4 Å². The molecule has 21 heavy (non-hydrogen) atoms. The van der Waals surface area contributed by atoms with E-state index in [1.54, 1.807) is 29.2 Å². The number of para-hydroxylation sites is 1. The van der Waals surface area contributed by atoms with Gasteiger partial charge in [0.2, 0.25) is 5.91 Å². The van der Waals surface area contributed by atoms with Crippen LogP contribution in [0.4, 0.5) is 5.69 Å². The molecule has 0 bridgehead atoms. The quantitative estimate of drug-likeness (QED) is 0.918. The SMILES string of the molecule is NC(=O)c1ccc(C(=O)N2CCCc3ccccc32)cc1. The van der Waals surface area contributed by atoms with E-state index < -0.39 is 5.91 Å². The summed E-state index contributed by atoms with van der Waals surface area (Å²) in [4.78, 5) is 25.5. The van der Waals surface area contributed by atoms with Crippen LogP contribution in [0, 0.1) is 0 Å². The third-order valence-electron chi connectivity index (χ3n) is 3.77. The zero-order valence-electron chi connectivity index (χ0n) is 11.6. The summed E-state index contributed by atoms with van der Waals surface area (Å²) < 4.78 is 0. The Morgan fingerprint density at radius 2 is 1.62 bits per heavy atom. The summed E-state index contributed by atoms with van der Waals surface area (Å²) in [6, 6.07) is 14.5. The van der Waals surface area contributed by atoms with Gasteiger partial charge in [0.05, 0.1) is 0 Å². The van der Waals surface area contributed by atoms with Gasteiger partial charge in [-0.3, -0.25) is 9.59 Å². The second-order valence-electron chi connectivity index (χ2n) is 5.13. The Morgan fingerprint density at radius 1 is 0.952 bits per heavy atom. The van der Waals surface area contributed by atoms with E-state index in [0.29, 0.717) is 17.7 Å². The van der Waals surface area contributed by atoms with Crippen LogP contribution in [0.15, 0.2) is 48.5 Å². The molecule has 0 radical (unpaired) electrons. The molecule has 2 aromatic carbocycles. The van der Waals surface area contributed by atoms with Gasteiger partial charge in [0.1, 0.15) is 0 Å². The maximum absolute atomic E-state index is 12.7. The molecule has 2 N–H and O–H groups in total. The summed E-state index contributed by atoms with van der Waals surface area (Å²) in [5.74, 6) is -0.532. The molecule has 1 heterocycles. The molecule has 0 atom stereocenters. The van der Waals surface area contributed by atoms with Crippen molar-refractivity contribution in [3.63, 3.8) is 0 Å². The Balaban J connectivity index is 1.91. The minimum absolute atomic E-state index is 0.0434. The Labute approximate surface area is 123 Å². The number of aryl methyl sites for hydroxylation is 1.